The fourth-order valence-electron chi connectivity index (χ4n) is 4.70. The Morgan fingerprint density at radius 2 is 1.67 bits per heavy atom. The zero-order valence-electron chi connectivity index (χ0n) is 17.7. The summed E-state index contributed by atoms with van der Waals surface area (Å²) in [6.07, 6.45) is 2.74. The van der Waals surface area contributed by atoms with Gasteiger partial charge in [0.1, 0.15) is 6.54 Å². The Morgan fingerprint density at radius 3 is 2.37 bits per heavy atom. The Balaban J connectivity index is 1.59. The number of hydrogen-bond acceptors (Lipinski definition) is 4. The first-order valence-corrected chi connectivity index (χ1v) is 10.7. The van der Waals surface area contributed by atoms with Crippen molar-refractivity contribution in [2.75, 3.05) is 39.4 Å². The number of aromatic nitrogens is 1. The van der Waals surface area contributed by atoms with Crippen molar-refractivity contribution < 1.29 is 19.1 Å². The number of morpholine rings is 1. The lowest BCUT2D eigenvalue weighted by atomic mass is 9.91. The fourth-order valence-corrected chi connectivity index (χ4v) is 4.70. The number of piperidine rings is 1. The van der Waals surface area contributed by atoms with Crippen LogP contribution in [0.15, 0.2) is 30.5 Å². The molecule has 0 spiro atoms. The Morgan fingerprint density at radius 1 is 1.00 bits per heavy atom. The van der Waals surface area contributed by atoms with E-state index in [0.717, 1.165) is 11.9 Å². The number of fused-ring (bicyclic) bond motifs is 1. The molecule has 160 valence electrons. The largest absolute Gasteiger partial charge is 0.378 e. The molecule has 2 aliphatic heterocycles. The summed E-state index contributed by atoms with van der Waals surface area (Å²) >= 11 is 0. The smallest absolute Gasteiger partial charge is 0.295 e. The number of carbonyl (C=O) groups is 3. The lowest BCUT2D eigenvalue weighted by Gasteiger charge is -2.34. The number of benzene rings is 1. The summed E-state index contributed by atoms with van der Waals surface area (Å²) in [6.45, 7) is 7.84. The molecule has 3 heterocycles. The zero-order valence-corrected chi connectivity index (χ0v) is 17.7. The van der Waals surface area contributed by atoms with Gasteiger partial charge in [-0.15, -0.1) is 0 Å². The van der Waals surface area contributed by atoms with Gasteiger partial charge in [0.15, 0.2) is 0 Å². The molecule has 0 bridgehead atoms. The maximum Gasteiger partial charge on any atom is 0.295 e. The van der Waals surface area contributed by atoms with Crippen molar-refractivity contribution >= 4 is 28.5 Å². The van der Waals surface area contributed by atoms with Gasteiger partial charge in [0.25, 0.3) is 11.7 Å². The van der Waals surface area contributed by atoms with Gasteiger partial charge in [-0.2, -0.15) is 0 Å². The molecule has 0 N–H and O–H groups in total. The van der Waals surface area contributed by atoms with E-state index in [1.54, 1.807) is 20.6 Å². The van der Waals surface area contributed by atoms with E-state index in [1.807, 2.05) is 24.3 Å². The van der Waals surface area contributed by atoms with E-state index in [-0.39, 0.29) is 12.5 Å². The molecule has 2 aliphatic rings. The standard InChI is InChI=1S/C23H29N3O4/c1-16-11-17(2)13-26(12-16)23(29)22(28)19-14-25(20-6-4-3-5-18(19)20)15-21(27)24-7-9-30-10-8-24/h3-6,14,16-17H,7-13,15H2,1-2H3/t16-,17-/m1/s1. The second-order valence-corrected chi connectivity index (χ2v) is 8.67. The van der Waals surface area contributed by atoms with Crippen LogP contribution < -0.4 is 0 Å². The van der Waals surface area contributed by atoms with Gasteiger partial charge in [-0.1, -0.05) is 32.0 Å². The van der Waals surface area contributed by atoms with Gasteiger partial charge in [0.05, 0.1) is 18.8 Å². The van der Waals surface area contributed by atoms with Gasteiger partial charge >= 0.3 is 0 Å². The first-order valence-electron chi connectivity index (χ1n) is 10.7. The molecule has 4 rings (SSSR count). The van der Waals surface area contributed by atoms with E-state index in [0.29, 0.717) is 62.2 Å². The minimum Gasteiger partial charge on any atom is -0.378 e. The maximum absolute atomic E-state index is 13.2. The van der Waals surface area contributed by atoms with Crippen molar-refractivity contribution in [1.29, 1.82) is 0 Å². The second kappa shape index (κ2) is 8.60. The Hall–Kier alpha value is -2.67. The Kier molecular flexibility index (Phi) is 5.90. The molecule has 0 unspecified atom stereocenters. The summed E-state index contributed by atoms with van der Waals surface area (Å²) in [7, 11) is 0. The number of rotatable bonds is 4. The van der Waals surface area contributed by atoms with E-state index in [1.165, 1.54) is 0 Å². The zero-order chi connectivity index (χ0) is 21.3. The number of carbonyl (C=O) groups excluding carboxylic acids is 3. The van der Waals surface area contributed by atoms with Crippen LogP contribution in [0.25, 0.3) is 10.9 Å². The lowest BCUT2D eigenvalue weighted by Crippen LogP contribution is -2.45. The summed E-state index contributed by atoms with van der Waals surface area (Å²) in [5.41, 5.74) is 1.16. The van der Waals surface area contributed by atoms with Gasteiger partial charge < -0.3 is 19.1 Å². The Labute approximate surface area is 176 Å². The van der Waals surface area contributed by atoms with E-state index in [9.17, 15) is 14.4 Å². The molecular weight excluding hydrogens is 382 g/mol. The molecule has 1 aromatic carbocycles. The Bertz CT molecular complexity index is 951. The first-order chi connectivity index (χ1) is 14.4. The molecule has 0 radical (unpaired) electrons. The molecule has 2 aromatic rings. The third-order valence-corrected chi connectivity index (χ3v) is 6.05. The van der Waals surface area contributed by atoms with Gasteiger partial charge in [-0.05, 0) is 24.3 Å². The van der Waals surface area contributed by atoms with E-state index >= 15 is 0 Å². The number of ketones is 1. The highest BCUT2D eigenvalue weighted by molar-refractivity contribution is 6.44. The van der Waals surface area contributed by atoms with Gasteiger partial charge in [-0.25, -0.2) is 0 Å². The molecule has 2 fully saturated rings. The molecule has 2 saturated heterocycles. The van der Waals surface area contributed by atoms with Crippen LogP contribution >= 0.6 is 0 Å². The minimum atomic E-state index is -0.495. The van der Waals surface area contributed by atoms with Crippen LogP contribution in [0, 0.1) is 11.8 Å². The van der Waals surface area contributed by atoms with Crippen LogP contribution in [0.4, 0.5) is 0 Å². The molecule has 7 heteroatoms. The number of hydrogen-bond donors (Lipinski definition) is 0. The topological polar surface area (TPSA) is 71.9 Å². The first kappa shape index (κ1) is 20.6. The average Bonchev–Trinajstić information content (AvgIpc) is 3.11. The summed E-state index contributed by atoms with van der Waals surface area (Å²) in [5.74, 6) is -0.181. The normalized spacial score (nSPS) is 22.3. The number of nitrogens with zero attached hydrogens (tertiary/aromatic N) is 3. The minimum absolute atomic E-state index is 0.0111. The summed E-state index contributed by atoms with van der Waals surface area (Å²) in [4.78, 5) is 42.3. The lowest BCUT2D eigenvalue weighted by molar-refractivity contribution is -0.135. The highest BCUT2D eigenvalue weighted by Gasteiger charge is 2.31. The average molecular weight is 412 g/mol. The van der Waals surface area contributed by atoms with E-state index in [4.69, 9.17) is 4.74 Å². The molecule has 2 atom stereocenters. The summed E-state index contributed by atoms with van der Waals surface area (Å²) in [6, 6.07) is 7.45. The molecule has 1 aromatic heterocycles. The second-order valence-electron chi connectivity index (χ2n) is 8.67. The van der Waals surface area contributed by atoms with Crippen molar-refractivity contribution in [3.63, 3.8) is 0 Å². The third kappa shape index (κ3) is 4.12. The number of ether oxygens (including phenoxy) is 1. The molecule has 0 saturated carbocycles. The van der Waals surface area contributed by atoms with Gasteiger partial charge in [-0.3, -0.25) is 14.4 Å². The van der Waals surface area contributed by atoms with Crippen LogP contribution in [0.2, 0.25) is 0 Å². The molecule has 30 heavy (non-hydrogen) atoms. The van der Waals surface area contributed by atoms with Crippen molar-refractivity contribution in [3.05, 3.63) is 36.0 Å². The third-order valence-electron chi connectivity index (χ3n) is 6.05. The van der Waals surface area contributed by atoms with Crippen LogP contribution in [-0.4, -0.2) is 71.4 Å². The number of para-hydroxylation sites is 1. The van der Waals surface area contributed by atoms with Crippen molar-refractivity contribution in [2.24, 2.45) is 11.8 Å². The van der Waals surface area contributed by atoms with Crippen LogP contribution in [0.5, 0.6) is 0 Å². The SMILES string of the molecule is C[C@@H]1C[C@@H](C)CN(C(=O)C(=O)c2cn(CC(=O)N3CCOCC3)c3ccccc23)C1. The molecular formula is C23H29N3O4. The maximum atomic E-state index is 13.2. The van der Waals surface area contributed by atoms with Gasteiger partial charge in [0, 0.05) is 43.3 Å². The fraction of sp³-hybridized carbons (Fsp3) is 0.522. The number of likely N-dealkylation sites (tertiary alicyclic amines) is 1. The van der Waals surface area contributed by atoms with Crippen LogP contribution in [0.1, 0.15) is 30.6 Å². The van der Waals surface area contributed by atoms with Crippen molar-refractivity contribution in [1.82, 2.24) is 14.4 Å². The van der Waals surface area contributed by atoms with Crippen molar-refractivity contribution in [3.8, 4) is 0 Å². The van der Waals surface area contributed by atoms with Crippen molar-refractivity contribution in [2.45, 2.75) is 26.8 Å². The molecule has 7 nitrogen and oxygen atoms in total. The van der Waals surface area contributed by atoms with E-state index in [2.05, 4.69) is 13.8 Å². The predicted molar refractivity (Wildman–Crippen MR) is 113 cm³/mol. The molecule has 2 amide bonds. The van der Waals surface area contributed by atoms with E-state index < -0.39 is 11.7 Å². The quantitative estimate of drug-likeness (QED) is 0.571. The predicted octanol–water partition coefficient (Wildman–Crippen LogP) is 2.19. The summed E-state index contributed by atoms with van der Waals surface area (Å²) < 4.78 is 7.10. The van der Waals surface area contributed by atoms with Crippen LogP contribution in [0.3, 0.4) is 0 Å². The number of Topliss-reactive ketones (excluding diaryl/α,β-unsaturated/α-hetero) is 1. The highest BCUT2D eigenvalue weighted by atomic mass is 16.5. The molecule has 0 aliphatic carbocycles. The summed E-state index contributed by atoms with van der Waals surface area (Å²) in [5, 5.41) is 0.712. The highest BCUT2D eigenvalue weighted by Crippen LogP contribution is 2.25. The monoisotopic (exact) mass is 411 g/mol. The van der Waals surface area contributed by atoms with Crippen LogP contribution in [-0.2, 0) is 20.9 Å². The number of amides is 2. The van der Waals surface area contributed by atoms with Gasteiger partial charge in [0.2, 0.25) is 5.91 Å².